The van der Waals surface area contributed by atoms with Crippen molar-refractivity contribution in [3.63, 3.8) is 0 Å². The molecular formula is C20H28F2N2O3. The molecule has 2 aliphatic rings. The topological polar surface area (TPSA) is 61.8 Å². The van der Waals surface area contributed by atoms with Gasteiger partial charge in [0.15, 0.2) is 11.6 Å². The first-order chi connectivity index (χ1) is 13.0. The third-order valence-electron chi connectivity index (χ3n) is 5.75. The molecule has 1 saturated carbocycles. The standard InChI is InChI=1S/C20H28F2N2O3/c21-15-3-6-19(18(22)13-15)27-17-8-11-24(12-9-17)10-7-14-1-4-16(5-2-14)23-20(25)26/h3,6,13-14,16-17,23H,1-2,4-5,7-12H2,(H,25,26). The molecular weight excluding hydrogens is 354 g/mol. The molecule has 0 unspecified atom stereocenters. The number of carboxylic acid groups (broad SMARTS) is 1. The summed E-state index contributed by atoms with van der Waals surface area (Å²) in [7, 11) is 0. The lowest BCUT2D eigenvalue weighted by atomic mass is 9.84. The van der Waals surface area contributed by atoms with Gasteiger partial charge in [-0.2, -0.15) is 0 Å². The van der Waals surface area contributed by atoms with Crippen molar-refractivity contribution in [2.45, 2.75) is 57.1 Å². The van der Waals surface area contributed by atoms with E-state index in [0.717, 1.165) is 70.6 Å². The fraction of sp³-hybridized carbons (Fsp3) is 0.650. The summed E-state index contributed by atoms with van der Waals surface area (Å²) >= 11 is 0. The smallest absolute Gasteiger partial charge is 0.404 e. The number of piperidine rings is 1. The highest BCUT2D eigenvalue weighted by Crippen LogP contribution is 2.28. The second-order valence-corrected chi connectivity index (χ2v) is 7.69. The van der Waals surface area contributed by atoms with Crippen LogP contribution in [0.25, 0.3) is 0 Å². The molecule has 1 amide bonds. The maximum absolute atomic E-state index is 13.7. The molecule has 7 heteroatoms. The Bertz CT molecular complexity index is 628. The van der Waals surface area contributed by atoms with Crippen LogP contribution in [0.3, 0.4) is 0 Å². The molecule has 1 aliphatic carbocycles. The van der Waals surface area contributed by atoms with E-state index < -0.39 is 17.7 Å². The first kappa shape index (κ1) is 19.9. The first-order valence-electron chi connectivity index (χ1n) is 9.83. The molecule has 0 spiro atoms. The normalized spacial score (nSPS) is 24.5. The Hall–Kier alpha value is -1.89. The molecule has 2 N–H and O–H groups in total. The third kappa shape index (κ3) is 6.06. The van der Waals surface area contributed by atoms with Gasteiger partial charge in [0.2, 0.25) is 0 Å². The highest BCUT2D eigenvalue weighted by atomic mass is 19.1. The van der Waals surface area contributed by atoms with Crippen LogP contribution < -0.4 is 10.1 Å². The molecule has 3 rings (SSSR count). The van der Waals surface area contributed by atoms with Crippen molar-refractivity contribution in [2.75, 3.05) is 19.6 Å². The molecule has 1 saturated heterocycles. The van der Waals surface area contributed by atoms with Crippen molar-refractivity contribution in [3.05, 3.63) is 29.8 Å². The molecule has 0 bridgehead atoms. The van der Waals surface area contributed by atoms with Crippen LogP contribution in [0.15, 0.2) is 18.2 Å². The van der Waals surface area contributed by atoms with Crippen molar-refractivity contribution >= 4 is 6.09 Å². The van der Waals surface area contributed by atoms with Crippen molar-refractivity contribution in [1.82, 2.24) is 10.2 Å². The molecule has 1 aromatic rings. The summed E-state index contributed by atoms with van der Waals surface area (Å²) in [5.74, 6) is -0.450. The minimum atomic E-state index is -0.927. The quantitative estimate of drug-likeness (QED) is 0.780. The molecule has 2 fully saturated rings. The van der Waals surface area contributed by atoms with Gasteiger partial charge in [0, 0.05) is 25.2 Å². The van der Waals surface area contributed by atoms with Gasteiger partial charge in [0.25, 0.3) is 0 Å². The third-order valence-corrected chi connectivity index (χ3v) is 5.75. The predicted octanol–water partition coefficient (Wildman–Crippen LogP) is 4.02. The van der Waals surface area contributed by atoms with Crippen LogP contribution in [0.4, 0.5) is 13.6 Å². The zero-order chi connectivity index (χ0) is 19.2. The number of carbonyl (C=O) groups is 1. The van der Waals surface area contributed by atoms with Crippen LogP contribution >= 0.6 is 0 Å². The number of halogens is 2. The van der Waals surface area contributed by atoms with Crippen LogP contribution in [-0.4, -0.2) is 47.9 Å². The largest absolute Gasteiger partial charge is 0.487 e. The van der Waals surface area contributed by atoms with E-state index in [4.69, 9.17) is 9.84 Å². The lowest BCUT2D eigenvalue weighted by Crippen LogP contribution is -2.40. The van der Waals surface area contributed by atoms with E-state index in [1.54, 1.807) is 0 Å². The van der Waals surface area contributed by atoms with Crippen LogP contribution in [0.5, 0.6) is 5.75 Å². The van der Waals surface area contributed by atoms with Gasteiger partial charge in [-0.25, -0.2) is 13.6 Å². The molecule has 5 nitrogen and oxygen atoms in total. The summed E-state index contributed by atoms with van der Waals surface area (Å²) in [4.78, 5) is 13.1. The molecule has 27 heavy (non-hydrogen) atoms. The van der Waals surface area contributed by atoms with Gasteiger partial charge in [-0.1, -0.05) is 0 Å². The number of benzene rings is 1. The van der Waals surface area contributed by atoms with Gasteiger partial charge in [-0.15, -0.1) is 0 Å². The van der Waals surface area contributed by atoms with Gasteiger partial charge in [-0.3, -0.25) is 0 Å². The maximum atomic E-state index is 13.7. The molecule has 0 aromatic heterocycles. The van der Waals surface area contributed by atoms with Gasteiger partial charge in [-0.05, 0) is 69.5 Å². The van der Waals surface area contributed by atoms with Gasteiger partial charge >= 0.3 is 6.09 Å². The highest BCUT2D eigenvalue weighted by molar-refractivity contribution is 5.64. The van der Waals surface area contributed by atoms with E-state index in [1.165, 1.54) is 12.1 Å². The predicted molar refractivity (Wildman–Crippen MR) is 98.0 cm³/mol. The van der Waals surface area contributed by atoms with Crippen molar-refractivity contribution in [3.8, 4) is 5.75 Å². The van der Waals surface area contributed by atoms with Gasteiger partial charge in [0.1, 0.15) is 11.9 Å². The Morgan fingerprint density at radius 3 is 2.48 bits per heavy atom. The lowest BCUT2D eigenvalue weighted by Gasteiger charge is -2.34. The van der Waals surface area contributed by atoms with Crippen LogP contribution in [0.1, 0.15) is 44.9 Å². The second-order valence-electron chi connectivity index (χ2n) is 7.69. The Kier molecular flexibility index (Phi) is 6.88. The zero-order valence-corrected chi connectivity index (χ0v) is 15.5. The maximum Gasteiger partial charge on any atom is 0.404 e. The zero-order valence-electron chi connectivity index (χ0n) is 15.5. The van der Waals surface area contributed by atoms with Gasteiger partial charge in [0.05, 0.1) is 0 Å². The Morgan fingerprint density at radius 1 is 1.15 bits per heavy atom. The number of hydrogen-bond donors (Lipinski definition) is 2. The SMILES string of the molecule is O=C(O)NC1CCC(CCN2CCC(Oc3ccc(F)cc3F)CC2)CC1. The van der Waals surface area contributed by atoms with Crippen molar-refractivity contribution in [1.29, 1.82) is 0 Å². The summed E-state index contributed by atoms with van der Waals surface area (Å²) in [6.07, 6.45) is 5.87. The number of nitrogens with one attached hydrogen (secondary N) is 1. The number of amides is 1. The summed E-state index contributed by atoms with van der Waals surface area (Å²) < 4.78 is 32.4. The molecule has 0 radical (unpaired) electrons. The fourth-order valence-electron chi connectivity index (χ4n) is 4.14. The monoisotopic (exact) mass is 382 g/mol. The van der Waals surface area contributed by atoms with Crippen LogP contribution in [0, 0.1) is 17.6 Å². The van der Waals surface area contributed by atoms with E-state index in [-0.39, 0.29) is 17.9 Å². The van der Waals surface area contributed by atoms with Crippen LogP contribution in [0.2, 0.25) is 0 Å². The highest BCUT2D eigenvalue weighted by Gasteiger charge is 2.25. The Morgan fingerprint density at radius 2 is 1.85 bits per heavy atom. The minimum Gasteiger partial charge on any atom is -0.487 e. The summed E-state index contributed by atoms with van der Waals surface area (Å²) in [5, 5.41) is 11.4. The Labute approximate surface area is 158 Å². The Balaban J connectivity index is 1.33. The fourth-order valence-corrected chi connectivity index (χ4v) is 4.14. The summed E-state index contributed by atoms with van der Waals surface area (Å²) in [6, 6.07) is 3.53. The average molecular weight is 382 g/mol. The van der Waals surface area contributed by atoms with Crippen molar-refractivity contribution < 1.29 is 23.4 Å². The van der Waals surface area contributed by atoms with E-state index in [2.05, 4.69) is 10.2 Å². The molecule has 1 aromatic carbocycles. The van der Waals surface area contributed by atoms with Gasteiger partial charge < -0.3 is 20.1 Å². The molecule has 0 atom stereocenters. The molecule has 150 valence electrons. The minimum absolute atomic E-state index is 0.0289. The number of hydrogen-bond acceptors (Lipinski definition) is 3. The number of nitrogens with zero attached hydrogens (tertiary/aromatic N) is 1. The number of rotatable bonds is 6. The van der Waals surface area contributed by atoms with E-state index in [9.17, 15) is 13.6 Å². The number of likely N-dealkylation sites (tertiary alicyclic amines) is 1. The van der Waals surface area contributed by atoms with E-state index in [1.807, 2.05) is 0 Å². The molecule has 1 aliphatic heterocycles. The second kappa shape index (κ2) is 9.35. The van der Waals surface area contributed by atoms with E-state index >= 15 is 0 Å². The van der Waals surface area contributed by atoms with Crippen LogP contribution in [-0.2, 0) is 0 Å². The average Bonchev–Trinajstić information content (AvgIpc) is 2.64. The lowest BCUT2D eigenvalue weighted by molar-refractivity contribution is 0.0917. The summed E-state index contributed by atoms with van der Waals surface area (Å²) in [5.41, 5.74) is 0. The first-order valence-corrected chi connectivity index (χ1v) is 9.83. The number of ether oxygens (including phenoxy) is 1. The van der Waals surface area contributed by atoms with Crippen molar-refractivity contribution in [2.24, 2.45) is 5.92 Å². The summed E-state index contributed by atoms with van der Waals surface area (Å²) in [6.45, 7) is 2.88. The van der Waals surface area contributed by atoms with E-state index in [0.29, 0.717) is 5.92 Å². The molecule has 1 heterocycles.